The summed E-state index contributed by atoms with van der Waals surface area (Å²) in [4.78, 5) is 26.7. The summed E-state index contributed by atoms with van der Waals surface area (Å²) in [6, 6.07) is 9.36. The molecule has 5 heteroatoms. The van der Waals surface area contributed by atoms with Gasteiger partial charge in [-0.3, -0.25) is 9.59 Å². The fourth-order valence-corrected chi connectivity index (χ4v) is 3.26. The second-order valence-electron chi connectivity index (χ2n) is 5.34. The van der Waals surface area contributed by atoms with Crippen molar-refractivity contribution in [2.75, 3.05) is 0 Å². The highest BCUT2D eigenvalue weighted by atomic mass is 32.1. The van der Waals surface area contributed by atoms with Crippen molar-refractivity contribution < 1.29 is 9.21 Å². The predicted octanol–water partition coefficient (Wildman–Crippen LogP) is 2.14. The van der Waals surface area contributed by atoms with Crippen LogP contribution in [-0.2, 0) is 0 Å². The summed E-state index contributed by atoms with van der Waals surface area (Å²) in [5, 5.41) is 0. The number of nitrogens with one attached hydrogen (secondary N) is 1. The summed E-state index contributed by atoms with van der Waals surface area (Å²) < 4.78 is 6.12. The average Bonchev–Trinajstić information content (AvgIpc) is 3.08. The van der Waals surface area contributed by atoms with Crippen LogP contribution in [-0.4, -0.2) is 10.8 Å². The number of ketones is 1. The van der Waals surface area contributed by atoms with Crippen LogP contribution in [0, 0.1) is 13.8 Å². The van der Waals surface area contributed by atoms with Gasteiger partial charge in [-0.1, -0.05) is 29.3 Å². The van der Waals surface area contributed by atoms with Gasteiger partial charge >= 0.3 is 0 Å². The van der Waals surface area contributed by atoms with E-state index in [0.29, 0.717) is 9.20 Å². The third kappa shape index (κ3) is 3.57. The van der Waals surface area contributed by atoms with Gasteiger partial charge in [-0.2, -0.15) is 0 Å². The lowest BCUT2D eigenvalue weighted by atomic mass is 10.1. The minimum atomic E-state index is -0.273. The van der Waals surface area contributed by atoms with Gasteiger partial charge in [-0.05, 0) is 37.6 Å². The first-order chi connectivity index (χ1) is 11.0. The Kier molecular flexibility index (Phi) is 4.12. The number of hydrogen-bond acceptors (Lipinski definition) is 4. The summed E-state index contributed by atoms with van der Waals surface area (Å²) >= 11 is 1.25. The van der Waals surface area contributed by atoms with Crippen LogP contribution in [0.2, 0.25) is 0 Å². The zero-order chi connectivity index (χ0) is 16.4. The Morgan fingerprint density at radius 2 is 1.96 bits per heavy atom. The quantitative estimate of drug-likeness (QED) is 0.751. The number of aromatic nitrogens is 1. The Bertz CT molecular complexity index is 1000. The van der Waals surface area contributed by atoms with E-state index in [4.69, 9.17) is 4.42 Å². The number of Topliss-reactive ketones (excluding diaryl/α,β-unsaturated/α-hetero) is 1. The van der Waals surface area contributed by atoms with E-state index >= 15 is 0 Å². The Morgan fingerprint density at radius 1 is 1.22 bits per heavy atom. The maximum Gasteiger partial charge on any atom is 0.266 e. The van der Waals surface area contributed by atoms with E-state index in [1.165, 1.54) is 23.7 Å². The molecule has 0 aliphatic heterocycles. The Morgan fingerprint density at radius 3 is 2.61 bits per heavy atom. The number of carbonyl (C=O) groups excluding carboxylic acids is 1. The summed E-state index contributed by atoms with van der Waals surface area (Å²) in [5.74, 6) is -0.0236. The molecule has 0 unspecified atom stereocenters. The first kappa shape index (κ1) is 15.2. The van der Waals surface area contributed by atoms with E-state index in [0.717, 1.165) is 16.7 Å². The molecule has 0 atom stereocenters. The van der Waals surface area contributed by atoms with Gasteiger partial charge in [0.1, 0.15) is 0 Å². The molecule has 2 aromatic heterocycles. The highest BCUT2D eigenvalue weighted by Gasteiger charge is 2.05. The molecule has 0 aliphatic carbocycles. The number of H-pyrrole nitrogens is 1. The molecule has 1 N–H and O–H groups in total. The SMILES string of the molecule is Cc1cc(C)cc(/C=c2\s/c(=C\C(=O)c3ccco3)[nH]c2=O)c1. The van der Waals surface area contributed by atoms with E-state index in [2.05, 4.69) is 11.1 Å². The molecular formula is C18H15NO3S. The molecule has 0 saturated heterocycles. The van der Waals surface area contributed by atoms with Gasteiger partial charge in [-0.25, -0.2) is 0 Å². The molecule has 0 aliphatic rings. The lowest BCUT2D eigenvalue weighted by molar-refractivity contribution is 0.103. The van der Waals surface area contributed by atoms with Crippen molar-refractivity contribution in [3.05, 3.63) is 78.6 Å². The van der Waals surface area contributed by atoms with Crippen molar-refractivity contribution in [1.82, 2.24) is 4.98 Å². The lowest BCUT2D eigenvalue weighted by Crippen LogP contribution is -2.20. The number of aromatic amines is 1. The van der Waals surface area contributed by atoms with Crippen LogP contribution in [0.25, 0.3) is 12.2 Å². The molecular weight excluding hydrogens is 310 g/mol. The van der Waals surface area contributed by atoms with Gasteiger partial charge in [0.05, 0.1) is 15.5 Å². The number of aryl methyl sites for hydroxylation is 2. The van der Waals surface area contributed by atoms with Crippen LogP contribution in [0.15, 0.2) is 45.8 Å². The molecule has 3 aromatic rings. The molecule has 4 nitrogen and oxygen atoms in total. The van der Waals surface area contributed by atoms with Crippen LogP contribution in [0.1, 0.15) is 27.2 Å². The topological polar surface area (TPSA) is 63.1 Å². The Hall–Kier alpha value is -2.66. The maximum atomic E-state index is 12.1. The van der Waals surface area contributed by atoms with Crippen LogP contribution in [0.4, 0.5) is 0 Å². The minimum Gasteiger partial charge on any atom is -0.461 e. The molecule has 0 radical (unpaired) electrons. The van der Waals surface area contributed by atoms with Gasteiger partial charge in [0.15, 0.2) is 5.76 Å². The number of rotatable bonds is 3. The predicted molar refractivity (Wildman–Crippen MR) is 91.2 cm³/mol. The highest BCUT2D eigenvalue weighted by Crippen LogP contribution is 2.09. The van der Waals surface area contributed by atoms with E-state index in [1.54, 1.807) is 12.1 Å². The van der Waals surface area contributed by atoms with Crippen LogP contribution < -0.4 is 14.8 Å². The zero-order valence-corrected chi connectivity index (χ0v) is 13.6. The lowest BCUT2D eigenvalue weighted by Gasteiger charge is -1.98. The Labute approximate surface area is 136 Å². The Balaban J connectivity index is 2.03. The van der Waals surface area contributed by atoms with Gasteiger partial charge in [0, 0.05) is 6.08 Å². The fraction of sp³-hybridized carbons (Fsp3) is 0.111. The van der Waals surface area contributed by atoms with Crippen LogP contribution in [0.5, 0.6) is 0 Å². The van der Waals surface area contributed by atoms with E-state index in [1.807, 2.05) is 32.1 Å². The third-order valence-electron chi connectivity index (χ3n) is 3.25. The largest absolute Gasteiger partial charge is 0.461 e. The molecule has 0 fully saturated rings. The third-order valence-corrected chi connectivity index (χ3v) is 4.21. The number of carbonyl (C=O) groups is 1. The molecule has 0 amide bonds. The van der Waals surface area contributed by atoms with Crippen molar-refractivity contribution in [1.29, 1.82) is 0 Å². The van der Waals surface area contributed by atoms with Gasteiger partial charge < -0.3 is 9.40 Å². The molecule has 0 spiro atoms. The molecule has 2 heterocycles. The summed E-state index contributed by atoms with van der Waals surface area (Å²) in [6.45, 7) is 4.04. The molecule has 0 bridgehead atoms. The molecule has 0 saturated carbocycles. The van der Waals surface area contributed by atoms with Crippen LogP contribution >= 0.6 is 11.3 Å². The molecule has 3 rings (SSSR count). The number of benzene rings is 1. The van der Waals surface area contributed by atoms with Gasteiger partial charge in [0.25, 0.3) is 5.56 Å². The second-order valence-corrected chi connectivity index (χ2v) is 6.42. The normalized spacial score (nSPS) is 12.8. The van der Waals surface area contributed by atoms with E-state index in [9.17, 15) is 9.59 Å². The second kappa shape index (κ2) is 6.22. The van der Waals surface area contributed by atoms with E-state index in [-0.39, 0.29) is 17.1 Å². The van der Waals surface area contributed by atoms with Crippen molar-refractivity contribution >= 4 is 29.3 Å². The van der Waals surface area contributed by atoms with E-state index < -0.39 is 0 Å². The van der Waals surface area contributed by atoms with Crippen LogP contribution in [0.3, 0.4) is 0 Å². The first-order valence-electron chi connectivity index (χ1n) is 7.10. The summed E-state index contributed by atoms with van der Waals surface area (Å²) in [6.07, 6.45) is 4.65. The van der Waals surface area contributed by atoms with Crippen molar-refractivity contribution in [3.63, 3.8) is 0 Å². The van der Waals surface area contributed by atoms with Gasteiger partial charge in [0.2, 0.25) is 5.78 Å². The highest BCUT2D eigenvalue weighted by molar-refractivity contribution is 7.07. The average molecular weight is 325 g/mol. The molecule has 1 aromatic carbocycles. The smallest absolute Gasteiger partial charge is 0.266 e. The number of hydrogen-bond donors (Lipinski definition) is 1. The summed E-state index contributed by atoms with van der Waals surface area (Å²) in [5.41, 5.74) is 3.06. The number of thiazole rings is 1. The minimum absolute atomic E-state index is 0.201. The summed E-state index contributed by atoms with van der Waals surface area (Å²) in [7, 11) is 0. The van der Waals surface area contributed by atoms with Crippen molar-refractivity contribution in [3.8, 4) is 0 Å². The molecule has 116 valence electrons. The number of furan rings is 1. The zero-order valence-electron chi connectivity index (χ0n) is 12.8. The first-order valence-corrected chi connectivity index (χ1v) is 7.91. The molecule has 23 heavy (non-hydrogen) atoms. The monoisotopic (exact) mass is 325 g/mol. The van der Waals surface area contributed by atoms with Gasteiger partial charge in [-0.15, -0.1) is 11.3 Å². The van der Waals surface area contributed by atoms with Crippen molar-refractivity contribution in [2.45, 2.75) is 13.8 Å². The fourth-order valence-electron chi connectivity index (χ4n) is 2.38. The maximum absolute atomic E-state index is 12.1. The van der Waals surface area contributed by atoms with Crippen molar-refractivity contribution in [2.24, 2.45) is 0 Å². The standard InChI is InChI=1S/C18H15NO3S/c1-11-6-12(2)8-13(7-11)9-16-18(21)19-17(23-16)10-14(20)15-4-3-5-22-15/h3-10H,1-2H3,(H,19,21)/b16-9-,17-10-.